The Hall–Kier alpha value is -1.12. The molecule has 15 heavy (non-hydrogen) atoms. The van der Waals surface area contributed by atoms with Crippen molar-refractivity contribution in [2.45, 2.75) is 47.0 Å². The fourth-order valence-electron chi connectivity index (χ4n) is 1.73. The molecule has 0 unspecified atom stereocenters. The van der Waals surface area contributed by atoms with E-state index in [9.17, 15) is 0 Å². The zero-order valence-electron chi connectivity index (χ0n) is 10.2. The Kier molecular flexibility index (Phi) is 4.53. The maximum Gasteiger partial charge on any atom is 0.133 e. The van der Waals surface area contributed by atoms with Gasteiger partial charge < -0.3 is 5.32 Å². The summed E-state index contributed by atoms with van der Waals surface area (Å²) >= 11 is 0. The van der Waals surface area contributed by atoms with E-state index in [0.717, 1.165) is 43.1 Å². The van der Waals surface area contributed by atoms with Gasteiger partial charge in [-0.25, -0.2) is 9.97 Å². The number of anilines is 1. The van der Waals surface area contributed by atoms with Crippen LogP contribution in [0.1, 0.15) is 44.3 Å². The third-order valence-corrected chi connectivity index (χ3v) is 2.43. The molecule has 0 spiro atoms. The molecule has 0 aliphatic carbocycles. The Morgan fingerprint density at radius 1 is 1.13 bits per heavy atom. The third kappa shape index (κ3) is 2.91. The highest BCUT2D eigenvalue weighted by atomic mass is 15.0. The van der Waals surface area contributed by atoms with Crippen LogP contribution in [0.25, 0.3) is 0 Å². The van der Waals surface area contributed by atoms with E-state index in [1.165, 1.54) is 5.56 Å². The van der Waals surface area contributed by atoms with Crippen LogP contribution >= 0.6 is 0 Å². The number of nitrogens with one attached hydrogen (secondary N) is 1. The quantitative estimate of drug-likeness (QED) is 0.806. The Morgan fingerprint density at radius 3 is 2.40 bits per heavy atom. The van der Waals surface area contributed by atoms with Crippen molar-refractivity contribution in [3.8, 4) is 0 Å². The molecule has 0 aromatic carbocycles. The van der Waals surface area contributed by atoms with Gasteiger partial charge in [0.15, 0.2) is 0 Å². The first-order valence-corrected chi connectivity index (χ1v) is 5.83. The van der Waals surface area contributed by atoms with E-state index in [2.05, 4.69) is 43.0 Å². The monoisotopic (exact) mass is 207 g/mol. The summed E-state index contributed by atoms with van der Waals surface area (Å²) in [6, 6.07) is 0. The SMILES string of the molecule is CCCc1nc(C)c(CC)c(NCC)n1. The Balaban J connectivity index is 3.07. The van der Waals surface area contributed by atoms with Gasteiger partial charge in [0.25, 0.3) is 0 Å². The first-order valence-electron chi connectivity index (χ1n) is 5.83. The van der Waals surface area contributed by atoms with Crippen molar-refractivity contribution < 1.29 is 0 Å². The molecule has 1 N–H and O–H groups in total. The number of hydrogen-bond acceptors (Lipinski definition) is 3. The first kappa shape index (κ1) is 12.0. The van der Waals surface area contributed by atoms with Crippen LogP contribution in [0, 0.1) is 6.92 Å². The van der Waals surface area contributed by atoms with Crippen molar-refractivity contribution in [2.75, 3.05) is 11.9 Å². The molecule has 1 aromatic heterocycles. The minimum atomic E-state index is 0.912. The molecule has 0 aliphatic heterocycles. The summed E-state index contributed by atoms with van der Waals surface area (Å²) in [5.74, 6) is 1.99. The summed E-state index contributed by atoms with van der Waals surface area (Å²) < 4.78 is 0. The molecule has 3 nitrogen and oxygen atoms in total. The van der Waals surface area contributed by atoms with Crippen LogP contribution in [0.5, 0.6) is 0 Å². The lowest BCUT2D eigenvalue weighted by atomic mass is 10.1. The molecular weight excluding hydrogens is 186 g/mol. The molecule has 0 amide bonds. The molecule has 1 aromatic rings. The molecule has 84 valence electrons. The molecule has 0 aliphatic rings. The van der Waals surface area contributed by atoms with Crippen molar-refractivity contribution >= 4 is 5.82 Å². The molecule has 3 heteroatoms. The zero-order valence-corrected chi connectivity index (χ0v) is 10.2. The van der Waals surface area contributed by atoms with Gasteiger partial charge in [-0.3, -0.25) is 0 Å². The van der Waals surface area contributed by atoms with Crippen molar-refractivity contribution in [2.24, 2.45) is 0 Å². The first-order chi connectivity index (χ1) is 7.22. The van der Waals surface area contributed by atoms with Crippen molar-refractivity contribution in [3.63, 3.8) is 0 Å². The summed E-state index contributed by atoms with van der Waals surface area (Å²) in [5.41, 5.74) is 2.36. The molecule has 0 bridgehead atoms. The second-order valence-electron chi connectivity index (χ2n) is 3.69. The lowest BCUT2D eigenvalue weighted by Gasteiger charge is -2.12. The highest BCUT2D eigenvalue weighted by molar-refractivity contribution is 5.46. The average molecular weight is 207 g/mol. The maximum absolute atomic E-state index is 4.56. The number of nitrogens with zero attached hydrogens (tertiary/aromatic N) is 2. The maximum atomic E-state index is 4.56. The molecule has 1 heterocycles. The normalized spacial score (nSPS) is 10.4. The number of aryl methyl sites for hydroxylation is 2. The van der Waals surface area contributed by atoms with E-state index in [1.54, 1.807) is 0 Å². The van der Waals surface area contributed by atoms with Gasteiger partial charge in [0.05, 0.1) is 0 Å². The Bertz CT molecular complexity index is 321. The lowest BCUT2D eigenvalue weighted by Crippen LogP contribution is -2.09. The van der Waals surface area contributed by atoms with Crippen LogP contribution in [0.15, 0.2) is 0 Å². The molecule has 1 rings (SSSR count). The molecule has 0 atom stereocenters. The smallest absolute Gasteiger partial charge is 0.133 e. The molecular formula is C12H21N3. The van der Waals surface area contributed by atoms with Gasteiger partial charge in [-0.1, -0.05) is 13.8 Å². The second kappa shape index (κ2) is 5.69. The highest BCUT2D eigenvalue weighted by Crippen LogP contribution is 2.17. The van der Waals surface area contributed by atoms with Crippen LogP contribution in [-0.4, -0.2) is 16.5 Å². The van der Waals surface area contributed by atoms with Crippen LogP contribution in [-0.2, 0) is 12.8 Å². The second-order valence-corrected chi connectivity index (χ2v) is 3.69. The molecule has 0 fully saturated rings. The average Bonchev–Trinajstić information content (AvgIpc) is 2.18. The van der Waals surface area contributed by atoms with Gasteiger partial charge in [0.1, 0.15) is 11.6 Å². The molecule has 0 radical (unpaired) electrons. The van der Waals surface area contributed by atoms with E-state index in [-0.39, 0.29) is 0 Å². The van der Waals surface area contributed by atoms with Crippen LogP contribution in [0.4, 0.5) is 5.82 Å². The van der Waals surface area contributed by atoms with Crippen molar-refractivity contribution in [1.82, 2.24) is 9.97 Å². The summed E-state index contributed by atoms with van der Waals surface area (Å²) in [7, 11) is 0. The summed E-state index contributed by atoms with van der Waals surface area (Å²) in [5, 5.41) is 3.32. The van der Waals surface area contributed by atoms with Crippen molar-refractivity contribution in [3.05, 3.63) is 17.1 Å². The fourth-order valence-corrected chi connectivity index (χ4v) is 1.73. The van der Waals surface area contributed by atoms with E-state index in [0.29, 0.717) is 0 Å². The summed E-state index contributed by atoms with van der Waals surface area (Å²) in [6.45, 7) is 9.37. The lowest BCUT2D eigenvalue weighted by molar-refractivity contribution is 0.814. The van der Waals surface area contributed by atoms with Gasteiger partial charge in [0, 0.05) is 24.2 Å². The van der Waals surface area contributed by atoms with Crippen LogP contribution < -0.4 is 5.32 Å². The van der Waals surface area contributed by atoms with Gasteiger partial charge in [-0.2, -0.15) is 0 Å². The van der Waals surface area contributed by atoms with Crippen LogP contribution in [0.2, 0.25) is 0 Å². The summed E-state index contributed by atoms with van der Waals surface area (Å²) in [6.07, 6.45) is 3.04. The van der Waals surface area contributed by atoms with E-state index < -0.39 is 0 Å². The molecule has 0 saturated carbocycles. The van der Waals surface area contributed by atoms with E-state index >= 15 is 0 Å². The number of hydrogen-bond donors (Lipinski definition) is 1. The Morgan fingerprint density at radius 2 is 1.87 bits per heavy atom. The minimum absolute atomic E-state index is 0.912. The van der Waals surface area contributed by atoms with E-state index in [1.807, 2.05) is 0 Å². The van der Waals surface area contributed by atoms with Crippen LogP contribution in [0.3, 0.4) is 0 Å². The van der Waals surface area contributed by atoms with Gasteiger partial charge in [-0.15, -0.1) is 0 Å². The Labute approximate surface area is 92.3 Å². The third-order valence-electron chi connectivity index (χ3n) is 2.43. The van der Waals surface area contributed by atoms with Gasteiger partial charge in [0.2, 0.25) is 0 Å². The predicted octanol–water partition coefficient (Wildman–Crippen LogP) is 2.73. The van der Waals surface area contributed by atoms with Gasteiger partial charge in [-0.05, 0) is 26.7 Å². The predicted molar refractivity (Wildman–Crippen MR) is 64.3 cm³/mol. The molecule has 0 saturated heterocycles. The fraction of sp³-hybridized carbons (Fsp3) is 0.667. The van der Waals surface area contributed by atoms with Gasteiger partial charge >= 0.3 is 0 Å². The topological polar surface area (TPSA) is 37.8 Å². The largest absolute Gasteiger partial charge is 0.370 e. The minimum Gasteiger partial charge on any atom is -0.370 e. The highest BCUT2D eigenvalue weighted by Gasteiger charge is 2.08. The standard InChI is InChI=1S/C12H21N3/c1-5-8-11-14-9(4)10(6-2)12(15-11)13-7-3/h5-8H2,1-4H3,(H,13,14,15). The van der Waals surface area contributed by atoms with E-state index in [4.69, 9.17) is 0 Å². The van der Waals surface area contributed by atoms with Crippen molar-refractivity contribution in [1.29, 1.82) is 0 Å². The zero-order chi connectivity index (χ0) is 11.3. The number of aromatic nitrogens is 2. The number of rotatable bonds is 5. The summed E-state index contributed by atoms with van der Waals surface area (Å²) in [4.78, 5) is 9.09.